The van der Waals surface area contributed by atoms with Gasteiger partial charge in [0.05, 0.1) is 4.92 Å². The van der Waals surface area contributed by atoms with Crippen molar-refractivity contribution in [2.24, 2.45) is 0 Å². The lowest BCUT2D eigenvalue weighted by Crippen LogP contribution is -2.34. The van der Waals surface area contributed by atoms with Crippen molar-refractivity contribution in [2.45, 2.75) is 12.5 Å². The number of para-hydroxylation sites is 1. The van der Waals surface area contributed by atoms with Gasteiger partial charge in [-0.05, 0) is 30.7 Å². The van der Waals surface area contributed by atoms with Gasteiger partial charge in [-0.25, -0.2) is 4.79 Å². The molecule has 130 valence electrons. The monoisotopic (exact) mass is 360 g/mol. The summed E-state index contributed by atoms with van der Waals surface area (Å²) in [5, 5.41) is 17.0. The van der Waals surface area contributed by atoms with Crippen molar-refractivity contribution in [3.05, 3.63) is 63.7 Å². The lowest BCUT2D eigenvalue weighted by atomic mass is 10.2. The molecule has 0 aliphatic carbocycles. The molecular weight excluding hydrogens is 344 g/mol. The summed E-state index contributed by atoms with van der Waals surface area (Å²) in [6.07, 6.45) is 0.836. The maximum Gasteiger partial charge on any atom is 0.321 e. The molecule has 1 fully saturated rings. The smallest absolute Gasteiger partial charge is 0.321 e. The minimum atomic E-state index is -0.576. The van der Waals surface area contributed by atoms with E-state index in [-0.39, 0.29) is 22.8 Å². The second-order valence-electron chi connectivity index (χ2n) is 5.80. The number of benzene rings is 2. The van der Waals surface area contributed by atoms with Crippen LogP contribution in [0.4, 0.5) is 21.9 Å². The normalized spacial score (nSPS) is 16.5. The van der Waals surface area contributed by atoms with Crippen molar-refractivity contribution >= 4 is 34.7 Å². The number of amides is 2. The number of carbonyl (C=O) groups is 1. The van der Waals surface area contributed by atoms with Crippen LogP contribution in [0, 0.1) is 10.1 Å². The van der Waals surface area contributed by atoms with Crippen molar-refractivity contribution in [2.75, 3.05) is 23.7 Å². The number of urea groups is 1. The molecule has 1 aliphatic heterocycles. The maximum absolute atomic E-state index is 12.4. The Bertz CT molecular complexity index is 785. The van der Waals surface area contributed by atoms with Crippen molar-refractivity contribution in [1.82, 2.24) is 4.90 Å². The first-order valence-electron chi connectivity index (χ1n) is 7.84. The largest absolute Gasteiger partial charge is 0.380 e. The fraction of sp³-hybridized carbons (Fsp3) is 0.235. The number of hydrogen-bond donors (Lipinski definition) is 2. The van der Waals surface area contributed by atoms with Crippen molar-refractivity contribution in [3.8, 4) is 0 Å². The Morgan fingerprint density at radius 3 is 2.68 bits per heavy atom. The van der Waals surface area contributed by atoms with Crippen LogP contribution in [0.25, 0.3) is 0 Å². The Kier molecular flexibility index (Phi) is 5.04. The molecule has 7 nitrogen and oxygen atoms in total. The third-order valence-corrected chi connectivity index (χ3v) is 4.33. The maximum atomic E-state index is 12.4. The number of rotatable bonds is 4. The van der Waals surface area contributed by atoms with Crippen LogP contribution in [0.5, 0.6) is 0 Å². The van der Waals surface area contributed by atoms with E-state index in [1.807, 2.05) is 30.3 Å². The number of nitro benzene ring substituents is 1. The highest BCUT2D eigenvalue weighted by atomic mass is 35.5. The predicted molar refractivity (Wildman–Crippen MR) is 97.2 cm³/mol. The number of likely N-dealkylation sites (tertiary alicyclic amines) is 1. The highest BCUT2D eigenvalue weighted by Gasteiger charge is 2.26. The molecule has 0 spiro atoms. The zero-order chi connectivity index (χ0) is 17.8. The molecule has 0 bridgehead atoms. The number of carbonyl (C=O) groups excluding carboxylic acids is 1. The lowest BCUT2D eigenvalue weighted by Gasteiger charge is -2.18. The molecule has 0 radical (unpaired) electrons. The average Bonchev–Trinajstić information content (AvgIpc) is 3.06. The van der Waals surface area contributed by atoms with E-state index in [4.69, 9.17) is 11.6 Å². The third kappa shape index (κ3) is 4.19. The molecule has 8 heteroatoms. The van der Waals surface area contributed by atoms with Crippen LogP contribution in [-0.4, -0.2) is 35.0 Å². The second kappa shape index (κ2) is 7.40. The standard InChI is InChI=1S/C17H17ClN4O3/c18-15-7-6-13(10-16(15)22(24)25)20-17(23)21-9-8-14(11-21)19-12-4-2-1-3-5-12/h1-7,10,14,19H,8-9,11H2,(H,20,23)/t14-/m0/s1. The summed E-state index contributed by atoms with van der Waals surface area (Å²) in [5.41, 5.74) is 1.13. The minimum Gasteiger partial charge on any atom is -0.380 e. The van der Waals surface area contributed by atoms with Gasteiger partial charge in [-0.2, -0.15) is 0 Å². The molecule has 2 N–H and O–H groups in total. The van der Waals surface area contributed by atoms with Crippen LogP contribution in [0.2, 0.25) is 5.02 Å². The summed E-state index contributed by atoms with van der Waals surface area (Å²) >= 11 is 5.78. The lowest BCUT2D eigenvalue weighted by molar-refractivity contribution is -0.384. The first-order chi connectivity index (χ1) is 12.0. The molecule has 1 atom stereocenters. The summed E-state index contributed by atoms with van der Waals surface area (Å²) in [7, 11) is 0. The summed E-state index contributed by atoms with van der Waals surface area (Å²) in [6, 6.07) is 13.9. The van der Waals surface area contributed by atoms with Crippen LogP contribution in [0.3, 0.4) is 0 Å². The van der Waals surface area contributed by atoms with Crippen molar-refractivity contribution in [3.63, 3.8) is 0 Å². The Hall–Kier alpha value is -2.80. The van der Waals surface area contributed by atoms with Crippen molar-refractivity contribution < 1.29 is 9.72 Å². The molecule has 0 unspecified atom stereocenters. The van der Waals surface area contributed by atoms with Gasteiger partial charge in [0.1, 0.15) is 5.02 Å². The Balaban J connectivity index is 1.59. The van der Waals surface area contributed by atoms with Gasteiger partial charge in [-0.3, -0.25) is 10.1 Å². The van der Waals surface area contributed by atoms with Gasteiger partial charge in [0, 0.05) is 36.6 Å². The molecule has 0 saturated carbocycles. The molecule has 1 heterocycles. The van der Waals surface area contributed by atoms with Crippen LogP contribution in [-0.2, 0) is 0 Å². The molecule has 25 heavy (non-hydrogen) atoms. The Labute approximate surface area is 149 Å². The minimum absolute atomic E-state index is 0.0382. The third-order valence-electron chi connectivity index (χ3n) is 4.01. The fourth-order valence-electron chi connectivity index (χ4n) is 2.77. The highest BCUT2D eigenvalue weighted by molar-refractivity contribution is 6.32. The number of hydrogen-bond acceptors (Lipinski definition) is 4. The molecule has 1 aliphatic rings. The van der Waals surface area contributed by atoms with E-state index in [2.05, 4.69) is 10.6 Å². The number of nitrogens with zero attached hydrogens (tertiary/aromatic N) is 2. The van der Waals surface area contributed by atoms with E-state index < -0.39 is 4.92 Å². The van der Waals surface area contributed by atoms with E-state index in [9.17, 15) is 14.9 Å². The van der Waals surface area contributed by atoms with Crippen molar-refractivity contribution in [1.29, 1.82) is 0 Å². The van der Waals surface area contributed by atoms with Gasteiger partial charge in [-0.15, -0.1) is 0 Å². The number of anilines is 2. The quantitative estimate of drug-likeness (QED) is 0.638. The molecule has 1 saturated heterocycles. The Morgan fingerprint density at radius 2 is 1.96 bits per heavy atom. The van der Waals surface area contributed by atoms with Crippen LogP contribution in [0.15, 0.2) is 48.5 Å². The predicted octanol–water partition coefficient (Wildman–Crippen LogP) is 3.97. The fourth-order valence-corrected chi connectivity index (χ4v) is 2.95. The summed E-state index contributed by atoms with van der Waals surface area (Å²) in [5.74, 6) is 0. The van der Waals surface area contributed by atoms with Crippen LogP contribution >= 0.6 is 11.6 Å². The summed E-state index contributed by atoms with van der Waals surface area (Å²) in [4.78, 5) is 24.4. The first kappa shape index (κ1) is 17.0. The SMILES string of the molecule is O=C(Nc1ccc(Cl)c([N+](=O)[O-])c1)N1CC[C@H](Nc2ccccc2)C1. The molecule has 3 rings (SSSR count). The molecular formula is C17H17ClN4O3. The molecule has 0 aromatic heterocycles. The molecule has 2 amide bonds. The second-order valence-corrected chi connectivity index (χ2v) is 6.20. The number of nitrogens with one attached hydrogen (secondary N) is 2. The van der Waals surface area contributed by atoms with E-state index in [0.29, 0.717) is 18.8 Å². The van der Waals surface area contributed by atoms with Gasteiger partial charge < -0.3 is 15.5 Å². The Morgan fingerprint density at radius 1 is 1.20 bits per heavy atom. The average molecular weight is 361 g/mol. The molecule has 2 aromatic rings. The van der Waals surface area contributed by atoms with Gasteiger partial charge >= 0.3 is 6.03 Å². The van der Waals surface area contributed by atoms with Gasteiger partial charge in [0.15, 0.2) is 0 Å². The van der Waals surface area contributed by atoms with E-state index in [0.717, 1.165) is 12.1 Å². The summed E-state index contributed by atoms with van der Waals surface area (Å²) in [6.45, 7) is 1.18. The zero-order valence-corrected chi connectivity index (χ0v) is 14.1. The molecule has 2 aromatic carbocycles. The zero-order valence-electron chi connectivity index (χ0n) is 13.3. The van der Waals surface area contributed by atoms with E-state index in [1.54, 1.807) is 11.0 Å². The topological polar surface area (TPSA) is 87.5 Å². The van der Waals surface area contributed by atoms with E-state index in [1.165, 1.54) is 12.1 Å². The van der Waals surface area contributed by atoms with Crippen LogP contribution < -0.4 is 10.6 Å². The number of nitro groups is 1. The van der Waals surface area contributed by atoms with E-state index >= 15 is 0 Å². The van der Waals surface area contributed by atoms with Gasteiger partial charge in [0.2, 0.25) is 0 Å². The first-order valence-corrected chi connectivity index (χ1v) is 8.22. The number of halogens is 1. The van der Waals surface area contributed by atoms with Gasteiger partial charge in [0.25, 0.3) is 5.69 Å². The van der Waals surface area contributed by atoms with Gasteiger partial charge in [-0.1, -0.05) is 29.8 Å². The van der Waals surface area contributed by atoms with Crippen LogP contribution in [0.1, 0.15) is 6.42 Å². The highest BCUT2D eigenvalue weighted by Crippen LogP contribution is 2.27. The summed E-state index contributed by atoms with van der Waals surface area (Å²) < 4.78 is 0.